The molecule has 0 fully saturated rings. The van der Waals surface area contributed by atoms with Crippen molar-refractivity contribution in [2.24, 2.45) is 27.9 Å². The highest BCUT2D eigenvalue weighted by atomic mass is 16.4. The molecule has 16 heteroatoms. The van der Waals surface area contributed by atoms with E-state index in [2.05, 4.69) is 20.9 Å². The number of carbonyl (C=O) groups is 6. The molecule has 34 heavy (non-hydrogen) atoms. The molecule has 0 aromatic heterocycles. The van der Waals surface area contributed by atoms with Crippen molar-refractivity contribution in [1.29, 1.82) is 0 Å². The fourth-order valence-electron chi connectivity index (χ4n) is 2.65. The monoisotopic (exact) mass is 488 g/mol. The molecule has 0 spiro atoms. The van der Waals surface area contributed by atoms with Crippen molar-refractivity contribution >= 4 is 41.5 Å². The van der Waals surface area contributed by atoms with Crippen molar-refractivity contribution < 1.29 is 39.0 Å². The minimum absolute atomic E-state index is 0.0536. The SMILES string of the molecule is NCC(=O)NC(CCCN=C(N)N)C(=O)NC(CCC(=O)O)C(=O)NC(CCC(N)=O)C(=O)O. The molecule has 0 bridgehead atoms. The Hall–Kier alpha value is -3.95. The molecule has 0 radical (unpaired) electrons. The zero-order valence-corrected chi connectivity index (χ0v) is 18.5. The van der Waals surface area contributed by atoms with Crippen LogP contribution in [0.25, 0.3) is 0 Å². The van der Waals surface area contributed by atoms with Gasteiger partial charge < -0.3 is 49.1 Å². The molecule has 0 heterocycles. The van der Waals surface area contributed by atoms with Gasteiger partial charge in [-0.15, -0.1) is 0 Å². The minimum Gasteiger partial charge on any atom is -0.481 e. The van der Waals surface area contributed by atoms with Crippen molar-refractivity contribution in [1.82, 2.24) is 16.0 Å². The Bertz CT molecular complexity index is 784. The van der Waals surface area contributed by atoms with Gasteiger partial charge in [-0.05, 0) is 25.7 Å². The fourth-order valence-corrected chi connectivity index (χ4v) is 2.65. The van der Waals surface area contributed by atoms with Crippen molar-refractivity contribution in [3.8, 4) is 0 Å². The lowest BCUT2D eigenvalue weighted by atomic mass is 10.1. The van der Waals surface area contributed by atoms with Crippen LogP contribution in [-0.4, -0.2) is 83.0 Å². The highest BCUT2D eigenvalue weighted by Crippen LogP contribution is 2.05. The first kappa shape index (κ1) is 30.1. The van der Waals surface area contributed by atoms with Crippen molar-refractivity contribution in [2.45, 2.75) is 56.7 Å². The van der Waals surface area contributed by atoms with E-state index in [-0.39, 0.29) is 44.6 Å². The molecular weight excluding hydrogens is 456 g/mol. The Morgan fingerprint density at radius 1 is 0.765 bits per heavy atom. The molecule has 3 atom stereocenters. The van der Waals surface area contributed by atoms with E-state index in [9.17, 15) is 33.9 Å². The van der Waals surface area contributed by atoms with Gasteiger partial charge in [-0.3, -0.25) is 29.0 Å². The lowest BCUT2D eigenvalue weighted by Crippen LogP contribution is -2.56. The maximum Gasteiger partial charge on any atom is 0.326 e. The van der Waals surface area contributed by atoms with Crippen LogP contribution in [0, 0.1) is 0 Å². The lowest BCUT2D eigenvalue weighted by Gasteiger charge is -2.24. The van der Waals surface area contributed by atoms with Gasteiger partial charge in [0.1, 0.15) is 18.1 Å². The second-order valence-corrected chi connectivity index (χ2v) is 7.17. The van der Waals surface area contributed by atoms with Crippen LogP contribution in [0.1, 0.15) is 38.5 Å². The van der Waals surface area contributed by atoms with Gasteiger partial charge in [-0.25, -0.2) is 4.79 Å². The van der Waals surface area contributed by atoms with E-state index in [1.807, 2.05) is 0 Å². The summed E-state index contributed by atoms with van der Waals surface area (Å²) in [6.07, 6.45) is -1.22. The number of aliphatic carboxylic acids is 2. The first-order valence-corrected chi connectivity index (χ1v) is 10.3. The lowest BCUT2D eigenvalue weighted by molar-refractivity contribution is -0.143. The number of carbonyl (C=O) groups excluding carboxylic acids is 4. The quantitative estimate of drug-likeness (QED) is 0.0535. The topological polar surface area (TPSA) is 295 Å². The molecular formula is C18H32N8O8. The van der Waals surface area contributed by atoms with Crippen LogP contribution in [0.2, 0.25) is 0 Å². The number of nitrogens with zero attached hydrogens (tertiary/aromatic N) is 1. The van der Waals surface area contributed by atoms with Crippen LogP contribution in [0.5, 0.6) is 0 Å². The first-order chi connectivity index (χ1) is 15.9. The average molecular weight is 489 g/mol. The first-order valence-electron chi connectivity index (χ1n) is 10.3. The van der Waals surface area contributed by atoms with E-state index in [1.54, 1.807) is 0 Å². The third kappa shape index (κ3) is 13.5. The van der Waals surface area contributed by atoms with Gasteiger partial charge in [0.15, 0.2) is 5.96 Å². The highest BCUT2D eigenvalue weighted by molar-refractivity contribution is 5.93. The van der Waals surface area contributed by atoms with Crippen LogP contribution < -0.4 is 38.9 Å². The minimum atomic E-state index is -1.50. The number of nitrogens with one attached hydrogen (secondary N) is 3. The Morgan fingerprint density at radius 3 is 1.76 bits per heavy atom. The number of carboxylic acids is 2. The molecule has 0 saturated heterocycles. The molecule has 4 amide bonds. The smallest absolute Gasteiger partial charge is 0.326 e. The molecule has 3 unspecified atom stereocenters. The summed E-state index contributed by atoms with van der Waals surface area (Å²) in [6.45, 7) is -0.269. The molecule has 0 aromatic carbocycles. The summed E-state index contributed by atoms with van der Waals surface area (Å²) in [7, 11) is 0. The summed E-state index contributed by atoms with van der Waals surface area (Å²) in [5.74, 6) is -6.15. The summed E-state index contributed by atoms with van der Waals surface area (Å²) >= 11 is 0. The average Bonchev–Trinajstić information content (AvgIpc) is 2.74. The second kappa shape index (κ2) is 15.8. The largest absolute Gasteiger partial charge is 0.481 e. The molecule has 16 nitrogen and oxygen atoms in total. The van der Waals surface area contributed by atoms with E-state index in [1.165, 1.54) is 0 Å². The van der Waals surface area contributed by atoms with Crippen molar-refractivity contribution in [3.05, 3.63) is 0 Å². The third-order valence-corrected chi connectivity index (χ3v) is 4.36. The molecule has 192 valence electrons. The van der Waals surface area contributed by atoms with Gasteiger partial charge in [-0.1, -0.05) is 0 Å². The Kier molecular flexibility index (Phi) is 14.0. The van der Waals surface area contributed by atoms with E-state index in [0.29, 0.717) is 0 Å². The molecule has 13 N–H and O–H groups in total. The number of amides is 4. The number of aliphatic imine (C=N–C) groups is 1. The third-order valence-electron chi connectivity index (χ3n) is 4.36. The van der Waals surface area contributed by atoms with Crippen LogP contribution in [0.4, 0.5) is 0 Å². The van der Waals surface area contributed by atoms with Crippen LogP contribution in [0.3, 0.4) is 0 Å². The van der Waals surface area contributed by atoms with E-state index in [4.69, 9.17) is 28.0 Å². The molecule has 0 saturated carbocycles. The Labute approximate surface area is 194 Å². The fraction of sp³-hybridized carbons (Fsp3) is 0.611. The van der Waals surface area contributed by atoms with Gasteiger partial charge in [0.2, 0.25) is 23.6 Å². The predicted molar refractivity (Wildman–Crippen MR) is 118 cm³/mol. The number of carboxylic acid groups (broad SMARTS) is 2. The molecule has 0 rings (SSSR count). The summed E-state index contributed by atoms with van der Waals surface area (Å²) in [6, 6.07) is -4.11. The van der Waals surface area contributed by atoms with Gasteiger partial charge in [-0.2, -0.15) is 0 Å². The predicted octanol–water partition coefficient (Wildman–Crippen LogP) is -4.33. The van der Waals surface area contributed by atoms with E-state index in [0.717, 1.165) is 0 Å². The van der Waals surface area contributed by atoms with Gasteiger partial charge in [0, 0.05) is 19.4 Å². The summed E-state index contributed by atoms with van der Waals surface area (Å²) in [4.78, 5) is 74.1. The summed E-state index contributed by atoms with van der Waals surface area (Å²) in [5.41, 5.74) is 20.7. The summed E-state index contributed by atoms with van der Waals surface area (Å²) in [5, 5.41) is 25.0. The number of guanidine groups is 1. The molecule has 0 aliphatic rings. The zero-order chi connectivity index (χ0) is 26.3. The number of rotatable bonds is 17. The number of hydrogen-bond acceptors (Lipinski definition) is 8. The van der Waals surface area contributed by atoms with Gasteiger partial charge >= 0.3 is 11.9 Å². The zero-order valence-electron chi connectivity index (χ0n) is 18.5. The number of nitrogens with two attached hydrogens (primary N) is 4. The Morgan fingerprint density at radius 2 is 1.29 bits per heavy atom. The van der Waals surface area contributed by atoms with Crippen LogP contribution >= 0.6 is 0 Å². The second-order valence-electron chi connectivity index (χ2n) is 7.17. The maximum absolute atomic E-state index is 12.8. The highest BCUT2D eigenvalue weighted by Gasteiger charge is 2.29. The molecule has 0 aromatic rings. The standard InChI is InChI=1S/C18H32N8O8/c19-8-13(28)24-9(2-1-7-23-18(21)22)15(31)25-10(4-6-14(29)30)16(32)26-11(17(33)34)3-5-12(20)27/h9-11H,1-8,19H2,(H2,20,27)(H,24,28)(H,25,31)(H,26,32)(H,29,30)(H,33,34)(H4,21,22,23). The Balaban J connectivity index is 5.47. The molecule has 0 aliphatic heterocycles. The molecule has 0 aliphatic carbocycles. The van der Waals surface area contributed by atoms with E-state index < -0.39 is 66.7 Å². The number of hydrogen-bond donors (Lipinski definition) is 9. The number of primary amides is 1. The van der Waals surface area contributed by atoms with Crippen molar-refractivity contribution in [2.75, 3.05) is 13.1 Å². The van der Waals surface area contributed by atoms with Gasteiger partial charge in [0.05, 0.1) is 6.54 Å². The van der Waals surface area contributed by atoms with Crippen LogP contribution in [0.15, 0.2) is 4.99 Å². The normalized spacial score (nSPS) is 13.0. The van der Waals surface area contributed by atoms with Crippen LogP contribution in [-0.2, 0) is 28.8 Å². The van der Waals surface area contributed by atoms with Crippen molar-refractivity contribution in [3.63, 3.8) is 0 Å². The summed E-state index contributed by atoms with van der Waals surface area (Å²) < 4.78 is 0. The maximum atomic E-state index is 12.8. The van der Waals surface area contributed by atoms with Gasteiger partial charge in [0.25, 0.3) is 0 Å². The van der Waals surface area contributed by atoms with E-state index >= 15 is 0 Å².